The largest absolute Gasteiger partial charge is 0.453 e. The Kier molecular flexibility index (Phi) is 4.08. The Labute approximate surface area is 119 Å². The minimum absolute atomic E-state index is 0.152. The third kappa shape index (κ3) is 3.27. The van der Waals surface area contributed by atoms with Crippen molar-refractivity contribution in [3.63, 3.8) is 0 Å². The van der Waals surface area contributed by atoms with E-state index in [1.807, 2.05) is 6.92 Å². The minimum atomic E-state index is -4.55. The van der Waals surface area contributed by atoms with Crippen molar-refractivity contribution in [3.05, 3.63) is 41.8 Å². The zero-order chi connectivity index (χ0) is 15.6. The summed E-state index contributed by atoms with van der Waals surface area (Å²) in [5, 5.41) is 1.08. The average Bonchev–Trinajstić information content (AvgIpc) is 2.95. The van der Waals surface area contributed by atoms with Crippen LogP contribution >= 0.6 is 0 Å². The number of hydrogen-bond donors (Lipinski definition) is 1. The van der Waals surface area contributed by atoms with Crippen LogP contribution in [0.2, 0.25) is 0 Å². The van der Waals surface area contributed by atoms with Gasteiger partial charge in [-0.1, -0.05) is 5.59 Å². The molecule has 1 aliphatic rings. The fourth-order valence-electron chi connectivity index (χ4n) is 1.66. The van der Waals surface area contributed by atoms with Gasteiger partial charge in [-0.25, -0.2) is 5.01 Å². The first-order chi connectivity index (χ1) is 9.82. The summed E-state index contributed by atoms with van der Waals surface area (Å²) in [6, 6.07) is 6.15. The molecule has 0 unspecified atom stereocenters. The summed E-state index contributed by atoms with van der Waals surface area (Å²) < 4.78 is 37.3. The van der Waals surface area contributed by atoms with Crippen LogP contribution in [-0.4, -0.2) is 30.6 Å². The van der Waals surface area contributed by atoms with E-state index in [2.05, 4.69) is 10.4 Å². The molecule has 0 spiro atoms. The second kappa shape index (κ2) is 5.65. The molecule has 0 saturated heterocycles. The highest BCUT2D eigenvalue weighted by Crippen LogP contribution is 2.30. The molecule has 1 aromatic carbocycles. The zero-order valence-corrected chi connectivity index (χ0v) is 11.4. The first kappa shape index (κ1) is 15.2. The van der Waals surface area contributed by atoms with Crippen molar-refractivity contribution in [1.29, 1.82) is 0 Å². The van der Waals surface area contributed by atoms with Gasteiger partial charge < -0.3 is 9.74 Å². The molecule has 1 aliphatic heterocycles. The van der Waals surface area contributed by atoms with Gasteiger partial charge in [-0.15, -0.1) is 0 Å². The summed E-state index contributed by atoms with van der Waals surface area (Å²) in [7, 11) is 1.67. The molecule has 0 saturated carbocycles. The van der Waals surface area contributed by atoms with Crippen molar-refractivity contribution in [3.8, 4) is 0 Å². The maximum absolute atomic E-state index is 12.4. The van der Waals surface area contributed by atoms with Crippen molar-refractivity contribution in [1.82, 2.24) is 10.5 Å². The summed E-state index contributed by atoms with van der Waals surface area (Å²) >= 11 is 0. The van der Waals surface area contributed by atoms with Gasteiger partial charge in [0.15, 0.2) is 0 Å². The lowest BCUT2D eigenvalue weighted by atomic mass is 10.2. The van der Waals surface area contributed by atoms with Gasteiger partial charge in [0.25, 0.3) is 5.91 Å². The number of hydrazine groups is 1. The monoisotopic (exact) mass is 301 g/mol. The number of alkyl halides is 3. The lowest BCUT2D eigenvalue weighted by Gasteiger charge is -2.16. The van der Waals surface area contributed by atoms with Crippen LogP contribution in [0.15, 0.2) is 36.2 Å². The molecule has 0 atom stereocenters. The van der Waals surface area contributed by atoms with Crippen molar-refractivity contribution in [2.75, 3.05) is 18.6 Å². The highest BCUT2D eigenvalue weighted by molar-refractivity contribution is 5.94. The molecule has 0 fully saturated rings. The molecule has 2 rings (SSSR count). The summed E-state index contributed by atoms with van der Waals surface area (Å²) in [6.45, 7) is 2.42. The van der Waals surface area contributed by atoms with Crippen LogP contribution in [-0.2, 0) is 4.84 Å². The van der Waals surface area contributed by atoms with E-state index in [0.717, 1.165) is 11.2 Å². The molecule has 0 bridgehead atoms. The maximum atomic E-state index is 12.4. The van der Waals surface area contributed by atoms with Crippen LogP contribution in [0.1, 0.15) is 17.3 Å². The number of carbonyl (C=O) groups is 1. The smallest absolute Gasteiger partial charge is 0.382 e. The zero-order valence-electron chi connectivity index (χ0n) is 11.4. The molecule has 1 heterocycles. The summed E-state index contributed by atoms with van der Waals surface area (Å²) in [4.78, 5) is 17.8. The van der Waals surface area contributed by atoms with Gasteiger partial charge in [0.05, 0.1) is 11.9 Å². The topological polar surface area (TPSA) is 44.8 Å². The molecule has 114 valence electrons. The Hall–Kier alpha value is -2.22. The van der Waals surface area contributed by atoms with Crippen molar-refractivity contribution in [2.24, 2.45) is 0 Å². The van der Waals surface area contributed by atoms with Crippen LogP contribution in [0.3, 0.4) is 0 Å². The number of nitrogens with one attached hydrogen (secondary N) is 1. The molecule has 1 amide bonds. The lowest BCUT2D eigenvalue weighted by Crippen LogP contribution is -2.28. The van der Waals surface area contributed by atoms with E-state index in [4.69, 9.17) is 0 Å². The number of rotatable bonds is 3. The fraction of sp³-hybridized carbons (Fsp3) is 0.308. The van der Waals surface area contributed by atoms with Crippen LogP contribution in [0, 0.1) is 0 Å². The van der Waals surface area contributed by atoms with Gasteiger partial charge in [0.1, 0.15) is 0 Å². The van der Waals surface area contributed by atoms with E-state index in [1.165, 1.54) is 17.0 Å². The first-order valence-electron chi connectivity index (χ1n) is 6.19. The summed E-state index contributed by atoms with van der Waals surface area (Å²) in [6.07, 6.45) is -3.75. The van der Waals surface area contributed by atoms with Crippen LogP contribution in [0.25, 0.3) is 0 Å². The Bertz CT molecular complexity index is 555. The molecule has 1 aromatic rings. The summed E-state index contributed by atoms with van der Waals surface area (Å²) in [5.74, 6) is -1.28. The van der Waals surface area contributed by atoms with Crippen molar-refractivity contribution in [2.45, 2.75) is 13.1 Å². The second-order valence-electron chi connectivity index (χ2n) is 4.42. The molecule has 1 N–H and O–H groups in total. The maximum Gasteiger partial charge on any atom is 0.453 e. The molecule has 0 aliphatic carbocycles. The Morgan fingerprint density at radius 3 is 2.43 bits per heavy atom. The number of anilines is 1. The Morgan fingerprint density at radius 2 is 1.95 bits per heavy atom. The number of amides is 1. The molecule has 5 nitrogen and oxygen atoms in total. The number of allylic oxidation sites excluding steroid dienone is 1. The number of carbonyl (C=O) groups excluding carboxylic acids is 1. The van der Waals surface area contributed by atoms with E-state index in [1.54, 1.807) is 19.2 Å². The lowest BCUT2D eigenvalue weighted by molar-refractivity contribution is -0.136. The van der Waals surface area contributed by atoms with Gasteiger partial charge in [-0.3, -0.25) is 4.79 Å². The van der Waals surface area contributed by atoms with Crippen molar-refractivity contribution >= 4 is 11.6 Å². The van der Waals surface area contributed by atoms with Gasteiger partial charge in [0, 0.05) is 19.2 Å². The fourth-order valence-corrected chi connectivity index (χ4v) is 1.66. The third-order valence-corrected chi connectivity index (χ3v) is 2.99. The van der Waals surface area contributed by atoms with Crippen LogP contribution in [0.5, 0.6) is 0 Å². The van der Waals surface area contributed by atoms with Crippen molar-refractivity contribution < 1.29 is 22.8 Å². The van der Waals surface area contributed by atoms with Crippen LogP contribution < -0.4 is 10.6 Å². The number of halogens is 3. The van der Waals surface area contributed by atoms with Gasteiger partial charge >= 0.3 is 6.18 Å². The number of hydrogen-bond acceptors (Lipinski definition) is 4. The van der Waals surface area contributed by atoms with Gasteiger partial charge in [-0.05, 0) is 31.2 Å². The molecular formula is C13H14F3N3O2. The minimum Gasteiger partial charge on any atom is -0.382 e. The third-order valence-electron chi connectivity index (χ3n) is 2.99. The first-order valence-corrected chi connectivity index (χ1v) is 6.19. The Balaban J connectivity index is 2.14. The molecule has 21 heavy (non-hydrogen) atoms. The summed E-state index contributed by atoms with van der Waals surface area (Å²) in [5.41, 5.74) is 3.02. The quantitative estimate of drug-likeness (QED) is 0.931. The molecule has 0 aromatic heterocycles. The van der Waals surface area contributed by atoms with Gasteiger partial charge in [-0.2, -0.15) is 13.2 Å². The highest BCUT2D eigenvalue weighted by atomic mass is 19.4. The average molecular weight is 301 g/mol. The molecular weight excluding hydrogens is 287 g/mol. The number of benzene rings is 1. The van der Waals surface area contributed by atoms with E-state index < -0.39 is 11.9 Å². The number of nitrogens with zero attached hydrogens (tertiary/aromatic N) is 2. The second-order valence-corrected chi connectivity index (χ2v) is 4.42. The molecule has 0 radical (unpaired) electrons. The predicted molar refractivity (Wildman–Crippen MR) is 69.9 cm³/mol. The normalized spacial score (nSPS) is 14.7. The van der Waals surface area contributed by atoms with E-state index in [-0.39, 0.29) is 5.91 Å². The highest BCUT2D eigenvalue weighted by Gasteiger charge is 2.40. The SMILES string of the molecule is CCN(C)C(=O)c1ccc(N2C=C(C(F)(F)F)ON2)cc1. The predicted octanol–water partition coefficient (Wildman–Crippen LogP) is 2.44. The standard InChI is InChI=1S/C13H14F3N3O2/c1-3-18(2)12(20)9-4-6-10(7-5-9)19-8-11(21-17-19)13(14,15)16/h4-8,17H,3H2,1-2H3. The van der Waals surface area contributed by atoms with Gasteiger partial charge in [0.2, 0.25) is 5.76 Å². The Morgan fingerprint density at radius 1 is 1.33 bits per heavy atom. The van der Waals surface area contributed by atoms with Crippen LogP contribution in [0.4, 0.5) is 18.9 Å². The van der Waals surface area contributed by atoms with E-state index >= 15 is 0 Å². The van der Waals surface area contributed by atoms with E-state index in [0.29, 0.717) is 17.8 Å². The molecule has 8 heteroatoms. The van der Waals surface area contributed by atoms with E-state index in [9.17, 15) is 18.0 Å².